The first kappa shape index (κ1) is 11.5. The lowest BCUT2D eigenvalue weighted by molar-refractivity contribution is 0.415. The SMILES string of the molecule is COc1ccc(-c2cncn2-c2ccccc2)cc1. The molecule has 0 unspecified atom stereocenters. The number of nitrogens with zero attached hydrogens (tertiary/aromatic N) is 2. The second-order valence-electron chi connectivity index (χ2n) is 4.21. The lowest BCUT2D eigenvalue weighted by Crippen LogP contribution is -1.94. The van der Waals surface area contributed by atoms with E-state index in [-0.39, 0.29) is 0 Å². The minimum atomic E-state index is 0.856. The zero-order valence-corrected chi connectivity index (χ0v) is 10.7. The number of hydrogen-bond acceptors (Lipinski definition) is 2. The van der Waals surface area contributed by atoms with Crippen LogP contribution in [0.5, 0.6) is 5.75 Å². The number of imidazole rings is 1. The Morgan fingerprint density at radius 1 is 0.947 bits per heavy atom. The zero-order chi connectivity index (χ0) is 13.1. The van der Waals surface area contributed by atoms with Crippen LogP contribution in [0.15, 0.2) is 67.1 Å². The molecular formula is C16H14N2O. The summed E-state index contributed by atoms with van der Waals surface area (Å²) in [6, 6.07) is 18.2. The van der Waals surface area contributed by atoms with Crippen molar-refractivity contribution in [1.82, 2.24) is 9.55 Å². The second kappa shape index (κ2) is 4.98. The number of ether oxygens (including phenoxy) is 1. The molecular weight excluding hydrogens is 236 g/mol. The molecule has 0 atom stereocenters. The van der Waals surface area contributed by atoms with Gasteiger partial charge in [0.25, 0.3) is 0 Å². The third-order valence-electron chi connectivity index (χ3n) is 3.06. The lowest BCUT2D eigenvalue weighted by atomic mass is 10.1. The molecule has 0 bridgehead atoms. The van der Waals surface area contributed by atoms with Gasteiger partial charge >= 0.3 is 0 Å². The Hall–Kier alpha value is -2.55. The standard InChI is InChI=1S/C16H14N2O/c1-19-15-9-7-13(8-10-15)16-11-17-12-18(16)14-5-3-2-4-6-14/h2-12H,1H3. The molecule has 0 saturated carbocycles. The highest BCUT2D eigenvalue weighted by Crippen LogP contribution is 2.24. The molecule has 3 heteroatoms. The molecule has 0 amide bonds. The maximum absolute atomic E-state index is 5.18. The summed E-state index contributed by atoms with van der Waals surface area (Å²) in [5.41, 5.74) is 3.28. The molecule has 3 aromatic rings. The fourth-order valence-electron chi connectivity index (χ4n) is 2.06. The molecule has 0 radical (unpaired) electrons. The Kier molecular flexibility index (Phi) is 3.02. The second-order valence-corrected chi connectivity index (χ2v) is 4.21. The van der Waals surface area contributed by atoms with Gasteiger partial charge in [-0.25, -0.2) is 4.98 Å². The molecule has 19 heavy (non-hydrogen) atoms. The first-order valence-corrected chi connectivity index (χ1v) is 6.10. The molecule has 0 N–H and O–H groups in total. The van der Waals surface area contributed by atoms with Crippen LogP contribution in [0.1, 0.15) is 0 Å². The van der Waals surface area contributed by atoms with E-state index in [1.807, 2.05) is 55.0 Å². The van der Waals surface area contributed by atoms with Gasteiger partial charge in [0.2, 0.25) is 0 Å². The Morgan fingerprint density at radius 3 is 2.37 bits per heavy atom. The number of hydrogen-bond donors (Lipinski definition) is 0. The predicted molar refractivity (Wildman–Crippen MR) is 75.6 cm³/mol. The summed E-state index contributed by atoms with van der Waals surface area (Å²) >= 11 is 0. The molecule has 3 nitrogen and oxygen atoms in total. The van der Waals surface area contributed by atoms with E-state index in [0.29, 0.717) is 0 Å². The van der Waals surface area contributed by atoms with E-state index in [1.165, 1.54) is 0 Å². The topological polar surface area (TPSA) is 27.1 Å². The van der Waals surface area contributed by atoms with Gasteiger partial charge in [-0.15, -0.1) is 0 Å². The number of aromatic nitrogens is 2. The maximum atomic E-state index is 5.18. The zero-order valence-electron chi connectivity index (χ0n) is 10.7. The smallest absolute Gasteiger partial charge is 0.118 e. The maximum Gasteiger partial charge on any atom is 0.118 e. The van der Waals surface area contributed by atoms with Crippen LogP contribution in [0.25, 0.3) is 16.9 Å². The van der Waals surface area contributed by atoms with Gasteiger partial charge in [-0.05, 0) is 36.4 Å². The highest BCUT2D eigenvalue weighted by Gasteiger charge is 2.06. The van der Waals surface area contributed by atoms with E-state index in [4.69, 9.17) is 4.74 Å². The molecule has 0 saturated heterocycles. The number of rotatable bonds is 3. The summed E-state index contributed by atoms with van der Waals surface area (Å²) in [4.78, 5) is 4.25. The molecule has 1 aromatic heterocycles. The van der Waals surface area contributed by atoms with Crippen molar-refractivity contribution in [3.05, 3.63) is 67.1 Å². The first-order valence-electron chi connectivity index (χ1n) is 6.10. The molecule has 0 aliphatic rings. The van der Waals surface area contributed by atoms with Crippen molar-refractivity contribution in [2.24, 2.45) is 0 Å². The molecule has 0 aliphatic heterocycles. The molecule has 94 valence electrons. The summed E-state index contributed by atoms with van der Waals surface area (Å²) < 4.78 is 7.25. The van der Waals surface area contributed by atoms with Crippen LogP contribution in [0, 0.1) is 0 Å². The van der Waals surface area contributed by atoms with E-state index in [9.17, 15) is 0 Å². The Bertz CT molecular complexity index is 657. The Balaban J connectivity index is 2.04. The minimum Gasteiger partial charge on any atom is -0.497 e. The van der Waals surface area contributed by atoms with E-state index in [0.717, 1.165) is 22.7 Å². The molecule has 2 aromatic carbocycles. The highest BCUT2D eigenvalue weighted by molar-refractivity contribution is 5.62. The van der Waals surface area contributed by atoms with Crippen LogP contribution >= 0.6 is 0 Å². The van der Waals surface area contributed by atoms with Crippen LogP contribution in [-0.4, -0.2) is 16.7 Å². The summed E-state index contributed by atoms with van der Waals surface area (Å²) in [6.45, 7) is 0. The van der Waals surface area contributed by atoms with Crippen molar-refractivity contribution in [2.45, 2.75) is 0 Å². The predicted octanol–water partition coefficient (Wildman–Crippen LogP) is 3.55. The van der Waals surface area contributed by atoms with E-state index >= 15 is 0 Å². The monoisotopic (exact) mass is 250 g/mol. The fourth-order valence-corrected chi connectivity index (χ4v) is 2.06. The average molecular weight is 250 g/mol. The summed E-state index contributed by atoms with van der Waals surface area (Å²) in [7, 11) is 1.67. The van der Waals surface area contributed by atoms with Gasteiger partial charge in [-0.1, -0.05) is 18.2 Å². The van der Waals surface area contributed by atoms with Gasteiger partial charge in [0.15, 0.2) is 0 Å². The van der Waals surface area contributed by atoms with Gasteiger partial charge in [0.05, 0.1) is 25.3 Å². The fraction of sp³-hybridized carbons (Fsp3) is 0.0625. The largest absolute Gasteiger partial charge is 0.497 e. The summed E-state index contributed by atoms with van der Waals surface area (Å²) in [5, 5.41) is 0. The quantitative estimate of drug-likeness (QED) is 0.710. The molecule has 0 aliphatic carbocycles. The lowest BCUT2D eigenvalue weighted by Gasteiger charge is -2.08. The van der Waals surface area contributed by atoms with Gasteiger partial charge in [-0.3, -0.25) is 4.57 Å². The third kappa shape index (κ3) is 2.22. The molecule has 0 fully saturated rings. The van der Waals surface area contributed by atoms with Crippen molar-refractivity contribution in [3.8, 4) is 22.7 Å². The van der Waals surface area contributed by atoms with E-state index in [1.54, 1.807) is 7.11 Å². The molecule has 1 heterocycles. The highest BCUT2D eigenvalue weighted by atomic mass is 16.5. The average Bonchev–Trinajstić information content (AvgIpc) is 2.98. The number of methoxy groups -OCH3 is 1. The Morgan fingerprint density at radius 2 is 1.68 bits per heavy atom. The van der Waals surface area contributed by atoms with Crippen LogP contribution in [-0.2, 0) is 0 Å². The van der Waals surface area contributed by atoms with E-state index in [2.05, 4.69) is 21.7 Å². The van der Waals surface area contributed by atoms with Gasteiger partial charge in [0, 0.05) is 11.3 Å². The molecule has 0 spiro atoms. The van der Waals surface area contributed by atoms with Crippen molar-refractivity contribution >= 4 is 0 Å². The van der Waals surface area contributed by atoms with Crippen molar-refractivity contribution < 1.29 is 4.74 Å². The van der Waals surface area contributed by atoms with E-state index < -0.39 is 0 Å². The summed E-state index contributed by atoms with van der Waals surface area (Å²) in [5.74, 6) is 0.856. The third-order valence-corrected chi connectivity index (χ3v) is 3.06. The molecule has 3 rings (SSSR count). The minimum absolute atomic E-state index is 0.856. The van der Waals surface area contributed by atoms with Gasteiger partial charge in [0.1, 0.15) is 5.75 Å². The van der Waals surface area contributed by atoms with Crippen molar-refractivity contribution in [2.75, 3.05) is 7.11 Å². The van der Waals surface area contributed by atoms with Crippen LogP contribution in [0.4, 0.5) is 0 Å². The van der Waals surface area contributed by atoms with Crippen LogP contribution < -0.4 is 4.74 Å². The number of para-hydroxylation sites is 1. The normalized spacial score (nSPS) is 10.4. The Labute approximate surface area is 112 Å². The first-order chi connectivity index (χ1) is 9.38. The van der Waals surface area contributed by atoms with Gasteiger partial charge in [-0.2, -0.15) is 0 Å². The van der Waals surface area contributed by atoms with Crippen LogP contribution in [0.2, 0.25) is 0 Å². The van der Waals surface area contributed by atoms with Crippen molar-refractivity contribution in [3.63, 3.8) is 0 Å². The summed E-state index contributed by atoms with van der Waals surface area (Å²) in [6.07, 6.45) is 3.70. The van der Waals surface area contributed by atoms with Crippen molar-refractivity contribution in [1.29, 1.82) is 0 Å². The van der Waals surface area contributed by atoms with Gasteiger partial charge < -0.3 is 4.74 Å². The van der Waals surface area contributed by atoms with Crippen LogP contribution in [0.3, 0.4) is 0 Å². The number of benzene rings is 2.